The lowest BCUT2D eigenvalue weighted by molar-refractivity contribution is 0.0691. The van der Waals surface area contributed by atoms with Crippen LogP contribution in [0.15, 0.2) is 42.5 Å². The predicted octanol–water partition coefficient (Wildman–Crippen LogP) is 4.40. The second kappa shape index (κ2) is 8.52. The summed E-state index contributed by atoms with van der Waals surface area (Å²) in [6, 6.07) is 14.2. The van der Waals surface area contributed by atoms with Crippen molar-refractivity contribution >= 4 is 33.9 Å². The number of nitrogens with one attached hydrogen (secondary N) is 1. The van der Waals surface area contributed by atoms with Gasteiger partial charge in [-0.15, -0.1) is 0 Å². The zero-order chi connectivity index (χ0) is 24.0. The number of fused-ring (bicyclic) bond motifs is 2. The van der Waals surface area contributed by atoms with Gasteiger partial charge in [0.1, 0.15) is 0 Å². The number of aromatic nitrogens is 3. The molecule has 1 unspecified atom stereocenters. The van der Waals surface area contributed by atoms with E-state index in [9.17, 15) is 9.59 Å². The number of carbonyl (C=O) groups is 2. The Morgan fingerprint density at radius 1 is 1.18 bits per heavy atom. The highest BCUT2D eigenvalue weighted by molar-refractivity contribution is 6.00. The molecule has 5 rings (SSSR count). The molecule has 0 bridgehead atoms. The predicted molar refractivity (Wildman–Crippen MR) is 132 cm³/mol. The lowest BCUT2D eigenvalue weighted by Gasteiger charge is -2.33. The Morgan fingerprint density at radius 3 is 2.74 bits per heavy atom. The van der Waals surface area contributed by atoms with Crippen molar-refractivity contribution in [3.8, 4) is 11.5 Å². The average molecular weight is 460 g/mol. The highest BCUT2D eigenvalue weighted by Crippen LogP contribution is 2.31. The minimum absolute atomic E-state index is 0.0776. The van der Waals surface area contributed by atoms with Crippen molar-refractivity contribution in [1.29, 1.82) is 0 Å². The van der Waals surface area contributed by atoms with Crippen molar-refractivity contribution in [2.24, 2.45) is 7.05 Å². The van der Waals surface area contributed by atoms with Crippen LogP contribution in [0.25, 0.3) is 33.5 Å². The highest BCUT2D eigenvalue weighted by atomic mass is 16.4. The number of aryl methyl sites for hydroxylation is 3. The van der Waals surface area contributed by atoms with Gasteiger partial charge < -0.3 is 24.5 Å². The molecular formula is C26H29N5O3. The molecule has 176 valence electrons. The summed E-state index contributed by atoms with van der Waals surface area (Å²) in [4.78, 5) is 31.1. The van der Waals surface area contributed by atoms with Crippen LogP contribution in [0.2, 0.25) is 0 Å². The van der Waals surface area contributed by atoms with E-state index in [4.69, 9.17) is 10.1 Å². The molecule has 0 aliphatic carbocycles. The van der Waals surface area contributed by atoms with Crippen LogP contribution in [0.5, 0.6) is 0 Å². The summed E-state index contributed by atoms with van der Waals surface area (Å²) in [6.07, 6.45) is 0.457. The van der Waals surface area contributed by atoms with Crippen molar-refractivity contribution in [3.63, 3.8) is 0 Å². The van der Waals surface area contributed by atoms with E-state index in [2.05, 4.69) is 39.6 Å². The number of hydrogen-bond acceptors (Lipinski definition) is 3. The topological polar surface area (TPSA) is 92.4 Å². The van der Waals surface area contributed by atoms with E-state index in [1.54, 1.807) is 4.90 Å². The Kier molecular flexibility index (Phi) is 5.51. The van der Waals surface area contributed by atoms with Gasteiger partial charge in [0.2, 0.25) is 0 Å². The summed E-state index contributed by atoms with van der Waals surface area (Å²) in [7, 11) is 2.01. The second-order valence-electron chi connectivity index (χ2n) is 9.02. The third kappa shape index (κ3) is 3.69. The van der Waals surface area contributed by atoms with E-state index in [0.29, 0.717) is 18.7 Å². The van der Waals surface area contributed by atoms with E-state index >= 15 is 0 Å². The van der Waals surface area contributed by atoms with Gasteiger partial charge in [-0.3, -0.25) is 4.79 Å². The lowest BCUT2D eigenvalue weighted by Crippen LogP contribution is -2.49. The summed E-state index contributed by atoms with van der Waals surface area (Å²) < 4.78 is 4.35. The van der Waals surface area contributed by atoms with Gasteiger partial charge in [0.15, 0.2) is 5.82 Å². The molecule has 1 aliphatic rings. The van der Waals surface area contributed by atoms with E-state index in [1.807, 2.05) is 38.2 Å². The molecule has 34 heavy (non-hydrogen) atoms. The van der Waals surface area contributed by atoms with E-state index in [-0.39, 0.29) is 11.9 Å². The summed E-state index contributed by atoms with van der Waals surface area (Å²) in [5.74, 6) is 0.784. The molecule has 2 N–H and O–H groups in total. The van der Waals surface area contributed by atoms with Gasteiger partial charge in [-0.1, -0.05) is 18.2 Å². The Balaban J connectivity index is 1.53. The largest absolute Gasteiger partial charge is 0.465 e. The zero-order valence-corrected chi connectivity index (χ0v) is 19.7. The number of rotatable bonds is 4. The van der Waals surface area contributed by atoms with Crippen LogP contribution in [0.4, 0.5) is 4.79 Å². The zero-order valence-electron chi connectivity index (χ0n) is 19.7. The number of piperidine rings is 1. The maximum atomic E-state index is 13.4. The van der Waals surface area contributed by atoms with Gasteiger partial charge in [0, 0.05) is 49.2 Å². The first-order valence-electron chi connectivity index (χ1n) is 11.7. The average Bonchev–Trinajstić information content (AvgIpc) is 3.35. The Hall–Kier alpha value is -3.81. The van der Waals surface area contributed by atoms with E-state index in [0.717, 1.165) is 47.5 Å². The molecule has 2 aromatic heterocycles. The fourth-order valence-electron chi connectivity index (χ4n) is 5.16. The summed E-state index contributed by atoms with van der Waals surface area (Å²) >= 11 is 0. The van der Waals surface area contributed by atoms with E-state index in [1.165, 1.54) is 10.9 Å². The summed E-state index contributed by atoms with van der Waals surface area (Å²) in [5, 5.41) is 12.7. The third-order valence-corrected chi connectivity index (χ3v) is 6.85. The van der Waals surface area contributed by atoms with Gasteiger partial charge in [-0.05, 0) is 56.5 Å². The standard InChI is InChI=1S/C26H29N5O3/c1-4-31-21-10-6-5-8-17(21)13-23(31)24-28-20-14-19(16(2)12-22(20)29(24)3)25(32)30-11-7-9-18(15-30)27-26(33)34/h5-6,8,10,12-14,18,27H,4,7,9,11,15H2,1-3H3,(H,33,34). The molecule has 0 radical (unpaired) electrons. The lowest BCUT2D eigenvalue weighted by atomic mass is 10.0. The first-order chi connectivity index (χ1) is 16.4. The van der Waals surface area contributed by atoms with Gasteiger partial charge in [0.05, 0.1) is 16.7 Å². The number of likely N-dealkylation sites (tertiary alicyclic amines) is 1. The number of nitrogens with zero attached hydrogens (tertiary/aromatic N) is 4. The Morgan fingerprint density at radius 2 is 1.97 bits per heavy atom. The van der Waals surface area contributed by atoms with Crippen LogP contribution < -0.4 is 5.32 Å². The minimum atomic E-state index is -1.05. The second-order valence-corrected chi connectivity index (χ2v) is 9.02. The molecule has 1 aliphatic heterocycles. The van der Waals surface area contributed by atoms with Gasteiger partial charge in [-0.2, -0.15) is 0 Å². The fraction of sp³-hybridized carbons (Fsp3) is 0.346. The number of benzene rings is 2. The van der Waals surface area contributed by atoms with Gasteiger partial charge >= 0.3 is 6.09 Å². The van der Waals surface area contributed by atoms with E-state index < -0.39 is 6.09 Å². The number of para-hydroxylation sites is 1. The molecule has 1 saturated heterocycles. The molecule has 2 amide bonds. The Labute approximate surface area is 197 Å². The normalized spacial score (nSPS) is 16.3. The van der Waals surface area contributed by atoms with Gasteiger partial charge in [-0.25, -0.2) is 9.78 Å². The summed E-state index contributed by atoms with van der Waals surface area (Å²) in [6.45, 7) is 5.91. The quantitative estimate of drug-likeness (QED) is 0.473. The SMILES string of the molecule is CCn1c(-c2nc3cc(C(=O)N4CCCC(NC(=O)O)C4)c(C)cc3n2C)cc2ccccc21. The number of imidazole rings is 1. The van der Waals surface area contributed by atoms with Crippen LogP contribution in [0.1, 0.15) is 35.7 Å². The number of hydrogen-bond donors (Lipinski definition) is 2. The molecular weight excluding hydrogens is 430 g/mol. The molecule has 4 aromatic rings. The van der Waals surface area contributed by atoms with Crippen molar-refractivity contribution in [1.82, 2.24) is 24.3 Å². The van der Waals surface area contributed by atoms with Crippen LogP contribution >= 0.6 is 0 Å². The van der Waals surface area contributed by atoms with Crippen LogP contribution in [-0.4, -0.2) is 55.3 Å². The molecule has 0 spiro atoms. The van der Waals surface area contributed by atoms with Crippen LogP contribution in [-0.2, 0) is 13.6 Å². The monoisotopic (exact) mass is 459 g/mol. The molecule has 3 heterocycles. The minimum Gasteiger partial charge on any atom is -0.465 e. The first kappa shape index (κ1) is 22.0. The maximum absolute atomic E-state index is 13.4. The highest BCUT2D eigenvalue weighted by Gasteiger charge is 2.27. The van der Waals surface area contributed by atoms with Crippen LogP contribution in [0, 0.1) is 6.92 Å². The number of amides is 2. The Bertz CT molecular complexity index is 1420. The van der Waals surface area contributed by atoms with Crippen molar-refractivity contribution in [2.45, 2.75) is 39.3 Å². The third-order valence-electron chi connectivity index (χ3n) is 6.85. The van der Waals surface area contributed by atoms with Crippen molar-refractivity contribution < 1.29 is 14.7 Å². The summed E-state index contributed by atoms with van der Waals surface area (Å²) in [5.41, 5.74) is 5.47. The molecule has 8 nitrogen and oxygen atoms in total. The molecule has 8 heteroatoms. The molecule has 2 aromatic carbocycles. The maximum Gasteiger partial charge on any atom is 0.404 e. The number of carboxylic acid groups (broad SMARTS) is 1. The molecule has 0 saturated carbocycles. The van der Waals surface area contributed by atoms with Gasteiger partial charge in [0.25, 0.3) is 5.91 Å². The molecule has 1 atom stereocenters. The van der Waals surface area contributed by atoms with Crippen molar-refractivity contribution in [2.75, 3.05) is 13.1 Å². The fourth-order valence-corrected chi connectivity index (χ4v) is 5.16. The van der Waals surface area contributed by atoms with Crippen LogP contribution in [0.3, 0.4) is 0 Å². The number of carbonyl (C=O) groups excluding carboxylic acids is 1. The first-order valence-corrected chi connectivity index (χ1v) is 11.7. The molecule has 1 fully saturated rings. The smallest absolute Gasteiger partial charge is 0.404 e. The van der Waals surface area contributed by atoms with Crippen molar-refractivity contribution in [3.05, 3.63) is 53.6 Å².